The molecule has 0 aliphatic carbocycles. The molecule has 8 heteroatoms. The summed E-state index contributed by atoms with van der Waals surface area (Å²) in [5.74, 6) is 0. The zero-order chi connectivity index (χ0) is 4.50. The predicted molar refractivity (Wildman–Crippen MR) is 35.2 cm³/mol. The minimum Gasteiger partial charge on any atom is -1.00 e. The van der Waals surface area contributed by atoms with Crippen molar-refractivity contribution in [1.29, 1.82) is 0 Å². The maximum atomic E-state index is 8.74. The van der Waals surface area contributed by atoms with Gasteiger partial charge in [0.2, 0.25) is 0 Å². The summed E-state index contributed by atoms with van der Waals surface area (Å²) in [6, 6.07) is 0. The zero-order valence-electron chi connectivity index (χ0n) is 4.12. The maximum absolute atomic E-state index is 8.74. The van der Waals surface area contributed by atoms with Crippen molar-refractivity contribution in [3.05, 3.63) is 0 Å². The molecule has 0 aromatic rings. The van der Waals surface area contributed by atoms with Gasteiger partial charge in [-0.2, -0.15) is 8.42 Å². The molecular weight excluding hydrogens is 173 g/mol. The number of rotatable bonds is 0. The average molecular weight is 182 g/mol. The molecule has 0 fully saturated rings. The number of hydrogen-bond acceptors (Lipinski definition) is 2. The smallest absolute Gasteiger partial charge is 1.00 e. The maximum Gasteiger partial charge on any atom is 1.00 e. The van der Waals surface area contributed by atoms with Crippen LogP contribution in [0.25, 0.3) is 0 Å². The van der Waals surface area contributed by atoms with Gasteiger partial charge >= 0.3 is 40.0 Å². The van der Waals surface area contributed by atoms with E-state index in [1.165, 1.54) is 0 Å². The normalized spacial score (nSPS) is 7.25. The summed E-state index contributed by atoms with van der Waals surface area (Å²) in [5.41, 5.74) is 0. The van der Waals surface area contributed by atoms with Crippen LogP contribution in [-0.2, 0) is 10.4 Å². The Morgan fingerprint density at radius 1 is 1.12 bits per heavy atom. The average Bonchev–Trinajstić information content (AvgIpc) is 0.722. The Labute approximate surface area is 92.7 Å². The van der Waals surface area contributed by atoms with Crippen LogP contribution in [0.4, 0.5) is 0 Å². The molecule has 0 aliphatic heterocycles. The molecule has 0 spiro atoms. The first-order chi connectivity index (χ1) is 2.00. The first kappa shape index (κ1) is 22.5. The van der Waals surface area contributed by atoms with Gasteiger partial charge in [-0.15, -0.1) is 0 Å². The van der Waals surface area contributed by atoms with Gasteiger partial charge in [0.15, 0.2) is 34.7 Å². The Bertz CT molecular complexity index is 102. The molecule has 0 heterocycles. The van der Waals surface area contributed by atoms with Gasteiger partial charge in [-0.05, 0) is 0 Å². The van der Waals surface area contributed by atoms with Crippen LogP contribution in [0, 0.1) is 0 Å². The van der Waals surface area contributed by atoms with E-state index in [4.69, 9.17) is 17.5 Å². The first-order valence-electron chi connectivity index (χ1n) is 0.698. The second-order valence-electron chi connectivity index (χ2n) is 0.448. The summed E-state index contributed by atoms with van der Waals surface area (Å²) in [7, 11) is -4.67. The van der Waals surface area contributed by atoms with Gasteiger partial charge in [-0.25, -0.2) is 0 Å². The van der Waals surface area contributed by atoms with Gasteiger partial charge in [0.05, 0.1) is 0 Å². The third-order valence-corrected chi connectivity index (χ3v) is 0. The molecule has 0 aromatic heterocycles. The first-order valence-corrected chi connectivity index (χ1v) is 2.10. The van der Waals surface area contributed by atoms with Crippen LogP contribution in [0.15, 0.2) is 0 Å². The molecule has 2 N–H and O–H groups in total. The second kappa shape index (κ2) is 8.93. The summed E-state index contributed by atoms with van der Waals surface area (Å²) in [5, 5.41) is 0. The summed E-state index contributed by atoms with van der Waals surface area (Å²) < 4.78 is 31.6. The molecule has 0 amide bonds. The van der Waals surface area contributed by atoms with E-state index >= 15 is 0 Å². The number of hydrogen-bond donors (Lipinski definition) is 2. The fraction of sp³-hybridized carbons (Fsp3) is 0. The standard InChI is InChI=1S/2Al.Na.H2O4S.7H/c;;;1-5(2,3)4;;;;;;;/h;;;(H2,1,2,3,4);;;;;;;/q;;+1;;;;;;;;-1. The molecule has 0 saturated carbocycles. The molecule has 0 radical (unpaired) electrons. The topological polar surface area (TPSA) is 74.6 Å². The second-order valence-corrected chi connectivity index (χ2v) is 1.34. The van der Waals surface area contributed by atoms with Gasteiger partial charge < -0.3 is 1.43 Å². The molecular formula is H9Al2NaO4S. The summed E-state index contributed by atoms with van der Waals surface area (Å²) in [6.45, 7) is 0. The van der Waals surface area contributed by atoms with Crippen LogP contribution in [0.1, 0.15) is 1.43 Å². The molecule has 4 nitrogen and oxygen atoms in total. The molecule has 0 aliphatic rings. The van der Waals surface area contributed by atoms with E-state index in [2.05, 4.69) is 0 Å². The molecule has 0 unspecified atom stereocenters. The van der Waals surface area contributed by atoms with Crippen molar-refractivity contribution in [1.82, 2.24) is 0 Å². The van der Waals surface area contributed by atoms with Gasteiger partial charge in [0.1, 0.15) is 0 Å². The minimum absolute atomic E-state index is 0. The van der Waals surface area contributed by atoms with Gasteiger partial charge in [-0.1, -0.05) is 0 Å². The third-order valence-electron chi connectivity index (χ3n) is 0. The summed E-state index contributed by atoms with van der Waals surface area (Å²) in [6.07, 6.45) is 0. The minimum atomic E-state index is -4.67. The van der Waals surface area contributed by atoms with Crippen molar-refractivity contribution in [3.8, 4) is 0 Å². The van der Waals surface area contributed by atoms with E-state index in [-0.39, 0.29) is 65.7 Å². The van der Waals surface area contributed by atoms with E-state index in [1.807, 2.05) is 0 Å². The van der Waals surface area contributed by atoms with Crippen LogP contribution in [0.5, 0.6) is 0 Å². The van der Waals surface area contributed by atoms with Crippen molar-refractivity contribution in [2.24, 2.45) is 0 Å². The van der Waals surface area contributed by atoms with Crippen LogP contribution in [-0.4, -0.2) is 52.2 Å². The molecule has 8 heavy (non-hydrogen) atoms. The molecule has 46 valence electrons. The summed E-state index contributed by atoms with van der Waals surface area (Å²) >= 11 is 0. The van der Waals surface area contributed by atoms with Crippen molar-refractivity contribution in [2.45, 2.75) is 0 Å². The quantitative estimate of drug-likeness (QED) is 0.289. The van der Waals surface area contributed by atoms with Crippen molar-refractivity contribution in [3.63, 3.8) is 0 Å². The Balaban J connectivity index is -0.0000000133. The van der Waals surface area contributed by atoms with Crippen LogP contribution in [0.2, 0.25) is 0 Å². The van der Waals surface area contributed by atoms with E-state index in [0.29, 0.717) is 0 Å². The largest absolute Gasteiger partial charge is 1.00 e. The monoisotopic (exact) mass is 182 g/mol. The van der Waals surface area contributed by atoms with Crippen molar-refractivity contribution >= 4 is 45.1 Å². The predicted octanol–water partition coefficient (Wildman–Crippen LogP) is -5.90. The molecule has 0 rings (SSSR count). The molecule has 0 aromatic carbocycles. The van der Waals surface area contributed by atoms with Crippen LogP contribution in [0.3, 0.4) is 0 Å². The fourth-order valence-corrected chi connectivity index (χ4v) is 0. The SMILES string of the molecule is O=S(=O)(O)O.[AlH3].[AlH3].[H-].[Na+]. The molecule has 0 atom stereocenters. The van der Waals surface area contributed by atoms with E-state index in [1.54, 1.807) is 0 Å². The fourth-order valence-electron chi connectivity index (χ4n) is 0. The van der Waals surface area contributed by atoms with Crippen LogP contribution >= 0.6 is 0 Å². The third kappa shape index (κ3) is 102. The Hall–Kier alpha value is 1.93. The summed E-state index contributed by atoms with van der Waals surface area (Å²) in [4.78, 5) is 0. The Kier molecular flexibility index (Phi) is 25.1. The van der Waals surface area contributed by atoms with E-state index in [9.17, 15) is 0 Å². The van der Waals surface area contributed by atoms with Crippen molar-refractivity contribution in [2.75, 3.05) is 0 Å². The van der Waals surface area contributed by atoms with Crippen LogP contribution < -0.4 is 29.6 Å². The van der Waals surface area contributed by atoms with Gasteiger partial charge in [-0.3, -0.25) is 9.11 Å². The van der Waals surface area contributed by atoms with Crippen molar-refractivity contribution < 1.29 is 48.5 Å². The molecule has 0 bridgehead atoms. The van der Waals surface area contributed by atoms with E-state index in [0.717, 1.165) is 0 Å². The van der Waals surface area contributed by atoms with E-state index < -0.39 is 10.4 Å². The van der Waals surface area contributed by atoms with Gasteiger partial charge in [0, 0.05) is 0 Å². The van der Waals surface area contributed by atoms with Gasteiger partial charge in [0.25, 0.3) is 0 Å². The Morgan fingerprint density at radius 3 is 1.12 bits per heavy atom. The zero-order valence-corrected chi connectivity index (χ0v) is 5.94. The molecule has 0 saturated heterocycles. The Morgan fingerprint density at radius 2 is 1.12 bits per heavy atom.